The average Bonchev–Trinajstić information content (AvgIpc) is 1.95. The highest BCUT2D eigenvalue weighted by Crippen LogP contribution is 2.21. The van der Waals surface area contributed by atoms with Gasteiger partial charge in [0.05, 0.1) is 5.54 Å². The summed E-state index contributed by atoms with van der Waals surface area (Å²) in [5.41, 5.74) is 5.55. The van der Waals surface area contributed by atoms with Crippen LogP contribution in [0.5, 0.6) is 0 Å². The summed E-state index contributed by atoms with van der Waals surface area (Å²) in [6, 6.07) is 0. The Morgan fingerprint density at radius 2 is 2.00 bits per heavy atom. The second kappa shape index (κ2) is 3.51. The fourth-order valence-corrected chi connectivity index (χ4v) is 2.06. The Morgan fingerprint density at radius 1 is 1.50 bits per heavy atom. The first kappa shape index (κ1) is 11.5. The summed E-state index contributed by atoms with van der Waals surface area (Å²) < 4.78 is 21.7. The van der Waals surface area contributed by atoms with Crippen LogP contribution < -0.4 is 5.73 Å². The Morgan fingerprint density at radius 3 is 2.36 bits per heavy atom. The van der Waals surface area contributed by atoms with Gasteiger partial charge < -0.3 is 10.6 Å². The minimum absolute atomic E-state index is 0.298. The first-order valence-electron chi connectivity index (χ1n) is 4.50. The zero-order valence-corrected chi connectivity index (χ0v) is 9.30. The SMILES string of the molecule is CCC1(N)CN(C(=O)CS(C)(=O)=O)C1. The summed E-state index contributed by atoms with van der Waals surface area (Å²) in [6.45, 7) is 2.90. The van der Waals surface area contributed by atoms with E-state index in [1.54, 1.807) is 0 Å². The molecule has 5 nitrogen and oxygen atoms in total. The number of likely N-dealkylation sites (tertiary alicyclic amines) is 1. The fourth-order valence-electron chi connectivity index (χ4n) is 1.43. The third kappa shape index (κ3) is 2.68. The van der Waals surface area contributed by atoms with Crippen LogP contribution in [0.4, 0.5) is 0 Å². The molecule has 1 rings (SSSR count). The van der Waals surface area contributed by atoms with Crippen LogP contribution in [-0.4, -0.2) is 49.9 Å². The minimum Gasteiger partial charge on any atom is -0.338 e. The molecule has 0 aromatic carbocycles. The van der Waals surface area contributed by atoms with Crippen molar-refractivity contribution in [3.8, 4) is 0 Å². The molecule has 2 N–H and O–H groups in total. The number of amides is 1. The lowest BCUT2D eigenvalue weighted by atomic mass is 9.88. The lowest BCUT2D eigenvalue weighted by Gasteiger charge is -2.47. The molecule has 1 saturated heterocycles. The van der Waals surface area contributed by atoms with Gasteiger partial charge in [0.2, 0.25) is 5.91 Å². The third-order valence-corrected chi connectivity index (χ3v) is 3.23. The number of sulfone groups is 1. The second-order valence-corrected chi connectivity index (χ2v) is 6.18. The lowest BCUT2D eigenvalue weighted by Crippen LogP contribution is -2.68. The average molecular weight is 220 g/mol. The van der Waals surface area contributed by atoms with Crippen molar-refractivity contribution in [1.29, 1.82) is 0 Å². The van der Waals surface area contributed by atoms with Gasteiger partial charge in [-0.25, -0.2) is 8.42 Å². The molecule has 0 unspecified atom stereocenters. The van der Waals surface area contributed by atoms with Crippen LogP contribution in [0, 0.1) is 0 Å². The molecule has 0 aromatic heterocycles. The predicted molar refractivity (Wildman–Crippen MR) is 53.5 cm³/mol. The van der Waals surface area contributed by atoms with Crippen molar-refractivity contribution < 1.29 is 13.2 Å². The van der Waals surface area contributed by atoms with E-state index in [-0.39, 0.29) is 11.4 Å². The highest BCUT2D eigenvalue weighted by atomic mass is 32.2. The highest BCUT2D eigenvalue weighted by Gasteiger charge is 2.40. The first-order chi connectivity index (χ1) is 6.26. The Bertz CT molecular complexity index is 330. The van der Waals surface area contributed by atoms with Gasteiger partial charge in [-0.05, 0) is 6.42 Å². The van der Waals surface area contributed by atoms with Crippen LogP contribution in [-0.2, 0) is 14.6 Å². The predicted octanol–water partition coefficient (Wildman–Crippen LogP) is -1.02. The van der Waals surface area contributed by atoms with Gasteiger partial charge in [0.25, 0.3) is 0 Å². The summed E-state index contributed by atoms with van der Waals surface area (Å²) in [6.07, 6.45) is 1.86. The van der Waals surface area contributed by atoms with Crippen LogP contribution >= 0.6 is 0 Å². The van der Waals surface area contributed by atoms with Crippen molar-refractivity contribution in [2.24, 2.45) is 5.73 Å². The number of hydrogen-bond donors (Lipinski definition) is 1. The molecule has 1 aliphatic rings. The first-order valence-corrected chi connectivity index (χ1v) is 6.56. The Hall–Kier alpha value is -0.620. The molecule has 6 heteroatoms. The molecule has 0 aromatic rings. The van der Waals surface area contributed by atoms with E-state index in [1.165, 1.54) is 4.90 Å². The van der Waals surface area contributed by atoms with E-state index in [2.05, 4.69) is 0 Å². The van der Waals surface area contributed by atoms with Crippen molar-refractivity contribution in [1.82, 2.24) is 4.90 Å². The molecule has 0 saturated carbocycles. The maximum absolute atomic E-state index is 11.3. The Labute approximate surface area is 84.2 Å². The number of nitrogens with zero attached hydrogens (tertiary/aromatic N) is 1. The molecule has 82 valence electrons. The van der Waals surface area contributed by atoms with Crippen molar-refractivity contribution >= 4 is 15.7 Å². The molecule has 0 radical (unpaired) electrons. The van der Waals surface area contributed by atoms with Gasteiger partial charge in [0.15, 0.2) is 9.84 Å². The van der Waals surface area contributed by atoms with Gasteiger partial charge in [-0.15, -0.1) is 0 Å². The second-order valence-electron chi connectivity index (χ2n) is 4.04. The van der Waals surface area contributed by atoms with Crippen LogP contribution in [0.25, 0.3) is 0 Å². The van der Waals surface area contributed by atoms with E-state index >= 15 is 0 Å². The maximum atomic E-state index is 11.3. The molecule has 0 bridgehead atoms. The minimum atomic E-state index is -3.22. The number of nitrogens with two attached hydrogens (primary N) is 1. The zero-order valence-electron chi connectivity index (χ0n) is 8.49. The van der Waals surface area contributed by atoms with E-state index in [0.29, 0.717) is 13.1 Å². The zero-order chi connectivity index (χ0) is 11.0. The molecule has 0 aliphatic carbocycles. The summed E-state index contributed by atoms with van der Waals surface area (Å²) in [4.78, 5) is 12.8. The Balaban J connectivity index is 2.45. The largest absolute Gasteiger partial charge is 0.338 e. The topological polar surface area (TPSA) is 80.5 Å². The van der Waals surface area contributed by atoms with E-state index in [1.807, 2.05) is 6.92 Å². The van der Waals surface area contributed by atoms with Crippen LogP contribution in [0.3, 0.4) is 0 Å². The van der Waals surface area contributed by atoms with Gasteiger partial charge in [-0.1, -0.05) is 6.92 Å². The smallest absolute Gasteiger partial charge is 0.237 e. The van der Waals surface area contributed by atoms with Crippen LogP contribution in [0.15, 0.2) is 0 Å². The molecule has 1 fully saturated rings. The van der Waals surface area contributed by atoms with Crippen molar-refractivity contribution in [3.05, 3.63) is 0 Å². The molecule has 1 heterocycles. The number of hydrogen-bond acceptors (Lipinski definition) is 4. The number of rotatable bonds is 3. The van der Waals surface area contributed by atoms with Crippen LogP contribution in [0.1, 0.15) is 13.3 Å². The fraction of sp³-hybridized carbons (Fsp3) is 0.875. The van der Waals surface area contributed by atoms with Crippen LogP contribution in [0.2, 0.25) is 0 Å². The van der Waals surface area contributed by atoms with Gasteiger partial charge in [-0.3, -0.25) is 4.79 Å². The van der Waals surface area contributed by atoms with Gasteiger partial charge in [0.1, 0.15) is 5.75 Å². The normalized spacial score (nSPS) is 20.4. The molecular weight excluding hydrogens is 204 g/mol. The van der Waals surface area contributed by atoms with E-state index in [9.17, 15) is 13.2 Å². The highest BCUT2D eigenvalue weighted by molar-refractivity contribution is 7.91. The summed E-state index contributed by atoms with van der Waals surface area (Å²) in [7, 11) is -3.22. The van der Waals surface area contributed by atoms with Crippen molar-refractivity contribution in [2.75, 3.05) is 25.1 Å². The standard InChI is InChI=1S/C8H16N2O3S/c1-3-8(9)5-10(6-8)7(11)4-14(2,12)13/h3-6,9H2,1-2H3. The molecule has 1 aliphatic heterocycles. The van der Waals surface area contributed by atoms with Gasteiger partial charge in [0, 0.05) is 19.3 Å². The van der Waals surface area contributed by atoms with Gasteiger partial charge in [-0.2, -0.15) is 0 Å². The molecule has 0 atom stereocenters. The van der Waals surface area contributed by atoms with Crippen molar-refractivity contribution in [2.45, 2.75) is 18.9 Å². The summed E-state index contributed by atoms with van der Waals surface area (Å²) >= 11 is 0. The number of carbonyl (C=O) groups excluding carboxylic acids is 1. The molecule has 14 heavy (non-hydrogen) atoms. The van der Waals surface area contributed by atoms with E-state index in [0.717, 1.165) is 12.7 Å². The van der Waals surface area contributed by atoms with Gasteiger partial charge >= 0.3 is 0 Å². The maximum Gasteiger partial charge on any atom is 0.237 e. The quantitative estimate of drug-likeness (QED) is 0.660. The third-order valence-electron chi connectivity index (χ3n) is 2.45. The summed E-state index contributed by atoms with van der Waals surface area (Å²) in [5, 5.41) is 0. The monoisotopic (exact) mass is 220 g/mol. The van der Waals surface area contributed by atoms with E-state index in [4.69, 9.17) is 5.73 Å². The Kier molecular flexibility index (Phi) is 2.87. The summed E-state index contributed by atoms with van der Waals surface area (Å²) in [5.74, 6) is -0.755. The molecule has 0 spiro atoms. The molecule has 1 amide bonds. The van der Waals surface area contributed by atoms with Crippen molar-refractivity contribution in [3.63, 3.8) is 0 Å². The lowest BCUT2D eigenvalue weighted by molar-refractivity contribution is -0.135. The van der Waals surface area contributed by atoms with E-state index < -0.39 is 15.6 Å². The molecular formula is C8H16N2O3S. The number of carbonyl (C=O) groups is 1.